The van der Waals surface area contributed by atoms with Crippen LogP contribution in [0.2, 0.25) is 5.02 Å². The van der Waals surface area contributed by atoms with Crippen LogP contribution in [0.15, 0.2) is 29.1 Å². The van der Waals surface area contributed by atoms with Crippen LogP contribution in [0.4, 0.5) is 5.82 Å². The molecule has 0 fully saturated rings. The summed E-state index contributed by atoms with van der Waals surface area (Å²) in [5.74, 6) is 0.478. The zero-order valence-electron chi connectivity index (χ0n) is 11.1. The lowest BCUT2D eigenvalue weighted by Gasteiger charge is -2.08. The molecule has 0 aliphatic rings. The van der Waals surface area contributed by atoms with Crippen molar-refractivity contribution in [2.45, 2.75) is 13.3 Å². The van der Waals surface area contributed by atoms with Crippen molar-refractivity contribution in [3.05, 3.63) is 45.2 Å². The number of anilines is 1. The summed E-state index contributed by atoms with van der Waals surface area (Å²) in [7, 11) is 0. The maximum Gasteiger partial charge on any atom is 0.253 e. The van der Waals surface area contributed by atoms with Gasteiger partial charge >= 0.3 is 0 Å². The number of hydrogen-bond donors (Lipinski definition) is 2. The Balaban J connectivity index is 1.95. The first-order valence-corrected chi connectivity index (χ1v) is 7.71. The van der Waals surface area contributed by atoms with Crippen molar-refractivity contribution in [2.75, 3.05) is 18.4 Å². The molecule has 0 unspecified atom stereocenters. The van der Waals surface area contributed by atoms with Crippen molar-refractivity contribution >= 4 is 34.7 Å². The fraction of sp³-hybridized carbons (Fsp3) is 0.286. The van der Waals surface area contributed by atoms with E-state index in [0.29, 0.717) is 22.9 Å². The van der Waals surface area contributed by atoms with E-state index in [9.17, 15) is 4.79 Å². The molecule has 0 aliphatic heterocycles. The van der Waals surface area contributed by atoms with Crippen molar-refractivity contribution in [3.8, 4) is 0 Å². The molecule has 0 saturated heterocycles. The third-order valence-electron chi connectivity index (χ3n) is 2.74. The molecule has 2 aromatic rings. The summed E-state index contributed by atoms with van der Waals surface area (Å²) < 4.78 is 0. The number of pyridine rings is 1. The van der Waals surface area contributed by atoms with Gasteiger partial charge in [0.05, 0.1) is 10.6 Å². The average molecular weight is 310 g/mol. The molecular weight excluding hydrogens is 294 g/mol. The number of hydrogen-bond acceptors (Lipinski definition) is 4. The van der Waals surface area contributed by atoms with E-state index in [1.165, 1.54) is 11.8 Å². The van der Waals surface area contributed by atoms with Crippen LogP contribution in [-0.4, -0.2) is 24.0 Å². The molecule has 0 aromatic carbocycles. The predicted octanol–water partition coefficient (Wildman–Crippen LogP) is 3.20. The van der Waals surface area contributed by atoms with E-state index < -0.39 is 0 Å². The van der Waals surface area contributed by atoms with Crippen LogP contribution < -0.4 is 10.6 Å². The first-order valence-electron chi connectivity index (χ1n) is 6.39. The molecule has 2 heterocycles. The summed E-state index contributed by atoms with van der Waals surface area (Å²) >= 11 is 7.67. The van der Waals surface area contributed by atoms with Gasteiger partial charge in [-0.05, 0) is 41.8 Å². The molecule has 0 saturated carbocycles. The Morgan fingerprint density at radius 3 is 3.05 bits per heavy atom. The standard InChI is InChI=1S/C14H16ClN3OS/c1-2-16-13-7-11(12(15)8-18-13)14(19)17-5-3-10-4-6-20-9-10/h4,6-9H,2-3,5H2,1H3,(H,16,18)(H,17,19). The van der Waals surface area contributed by atoms with Gasteiger partial charge in [-0.2, -0.15) is 11.3 Å². The number of nitrogens with zero attached hydrogens (tertiary/aromatic N) is 1. The Labute approximate surface area is 127 Å². The minimum absolute atomic E-state index is 0.174. The fourth-order valence-electron chi connectivity index (χ4n) is 1.74. The van der Waals surface area contributed by atoms with Crippen LogP contribution in [0.25, 0.3) is 0 Å². The second kappa shape index (κ2) is 7.26. The summed E-state index contributed by atoms with van der Waals surface area (Å²) in [6.07, 6.45) is 2.31. The molecule has 0 atom stereocenters. The Bertz CT molecular complexity index is 572. The lowest BCUT2D eigenvalue weighted by Crippen LogP contribution is -2.26. The summed E-state index contributed by atoms with van der Waals surface area (Å²) in [4.78, 5) is 16.2. The highest BCUT2D eigenvalue weighted by molar-refractivity contribution is 7.07. The van der Waals surface area contributed by atoms with Gasteiger partial charge in [0.1, 0.15) is 5.82 Å². The second-order valence-corrected chi connectivity index (χ2v) is 5.40. The number of carbonyl (C=O) groups excluding carboxylic acids is 1. The summed E-state index contributed by atoms with van der Waals surface area (Å²) in [6.45, 7) is 3.30. The predicted molar refractivity (Wildman–Crippen MR) is 83.8 cm³/mol. The quantitative estimate of drug-likeness (QED) is 0.861. The minimum atomic E-state index is -0.174. The van der Waals surface area contributed by atoms with E-state index in [2.05, 4.69) is 27.1 Å². The SMILES string of the molecule is CCNc1cc(C(=O)NCCc2ccsc2)c(Cl)cn1. The summed E-state index contributed by atoms with van der Waals surface area (Å²) in [5.41, 5.74) is 1.67. The van der Waals surface area contributed by atoms with Gasteiger partial charge in [-0.15, -0.1) is 0 Å². The van der Waals surface area contributed by atoms with Crippen LogP contribution in [0.3, 0.4) is 0 Å². The number of aromatic nitrogens is 1. The minimum Gasteiger partial charge on any atom is -0.370 e. The maximum absolute atomic E-state index is 12.1. The third-order valence-corrected chi connectivity index (χ3v) is 3.77. The van der Waals surface area contributed by atoms with Crippen molar-refractivity contribution in [1.29, 1.82) is 0 Å². The largest absolute Gasteiger partial charge is 0.370 e. The highest BCUT2D eigenvalue weighted by atomic mass is 35.5. The molecule has 2 N–H and O–H groups in total. The molecule has 20 heavy (non-hydrogen) atoms. The average Bonchev–Trinajstić information content (AvgIpc) is 2.94. The van der Waals surface area contributed by atoms with Crippen LogP contribution in [0.1, 0.15) is 22.8 Å². The van der Waals surface area contributed by atoms with Crippen LogP contribution in [0.5, 0.6) is 0 Å². The lowest BCUT2D eigenvalue weighted by molar-refractivity contribution is 0.0954. The topological polar surface area (TPSA) is 54.0 Å². The molecule has 106 valence electrons. The molecule has 0 aliphatic carbocycles. The number of carbonyl (C=O) groups is 1. The summed E-state index contributed by atoms with van der Waals surface area (Å²) in [5, 5.41) is 10.4. The lowest BCUT2D eigenvalue weighted by atomic mass is 10.2. The van der Waals surface area contributed by atoms with Crippen LogP contribution >= 0.6 is 22.9 Å². The Morgan fingerprint density at radius 2 is 2.35 bits per heavy atom. The van der Waals surface area contributed by atoms with E-state index in [4.69, 9.17) is 11.6 Å². The number of amides is 1. The molecule has 1 amide bonds. The normalized spacial score (nSPS) is 10.3. The Morgan fingerprint density at radius 1 is 1.50 bits per heavy atom. The number of rotatable bonds is 6. The zero-order valence-corrected chi connectivity index (χ0v) is 12.7. The smallest absolute Gasteiger partial charge is 0.253 e. The molecule has 0 spiro atoms. The van der Waals surface area contributed by atoms with E-state index in [-0.39, 0.29) is 5.91 Å². The van der Waals surface area contributed by atoms with Gasteiger partial charge in [-0.3, -0.25) is 4.79 Å². The van der Waals surface area contributed by atoms with Gasteiger partial charge in [-0.25, -0.2) is 4.98 Å². The molecule has 0 radical (unpaired) electrons. The third kappa shape index (κ3) is 3.95. The Hall–Kier alpha value is -1.59. The number of halogens is 1. The highest BCUT2D eigenvalue weighted by Gasteiger charge is 2.11. The number of nitrogens with one attached hydrogen (secondary N) is 2. The molecular formula is C14H16ClN3OS. The first kappa shape index (κ1) is 14.8. The first-order chi connectivity index (χ1) is 9.70. The van der Waals surface area contributed by atoms with Gasteiger partial charge < -0.3 is 10.6 Å². The maximum atomic E-state index is 12.1. The Kier molecular flexibility index (Phi) is 5.38. The van der Waals surface area contributed by atoms with Crippen molar-refractivity contribution in [2.24, 2.45) is 0 Å². The van der Waals surface area contributed by atoms with Crippen LogP contribution in [0, 0.1) is 0 Å². The van der Waals surface area contributed by atoms with Gasteiger partial charge in [-0.1, -0.05) is 11.6 Å². The van der Waals surface area contributed by atoms with Gasteiger partial charge in [0, 0.05) is 19.3 Å². The van der Waals surface area contributed by atoms with Gasteiger partial charge in [0.15, 0.2) is 0 Å². The van der Waals surface area contributed by atoms with Gasteiger partial charge in [0.2, 0.25) is 0 Å². The van der Waals surface area contributed by atoms with Gasteiger partial charge in [0.25, 0.3) is 5.91 Å². The van der Waals surface area contributed by atoms with E-state index in [1.807, 2.05) is 12.3 Å². The van der Waals surface area contributed by atoms with Crippen molar-refractivity contribution < 1.29 is 4.79 Å². The fourth-order valence-corrected chi connectivity index (χ4v) is 2.63. The monoisotopic (exact) mass is 309 g/mol. The molecule has 0 bridgehead atoms. The number of thiophene rings is 1. The highest BCUT2D eigenvalue weighted by Crippen LogP contribution is 2.17. The molecule has 2 aromatic heterocycles. The zero-order chi connectivity index (χ0) is 14.4. The molecule has 6 heteroatoms. The van der Waals surface area contributed by atoms with Crippen molar-refractivity contribution in [3.63, 3.8) is 0 Å². The molecule has 4 nitrogen and oxygen atoms in total. The van der Waals surface area contributed by atoms with Crippen LogP contribution in [-0.2, 0) is 6.42 Å². The molecule has 2 rings (SSSR count). The summed E-state index contributed by atoms with van der Waals surface area (Å²) in [6, 6.07) is 3.73. The second-order valence-electron chi connectivity index (χ2n) is 4.22. The van der Waals surface area contributed by atoms with E-state index >= 15 is 0 Å². The van der Waals surface area contributed by atoms with E-state index in [1.54, 1.807) is 17.4 Å². The van der Waals surface area contributed by atoms with Crippen molar-refractivity contribution in [1.82, 2.24) is 10.3 Å². The van der Waals surface area contributed by atoms with E-state index in [0.717, 1.165) is 13.0 Å².